The standard InChI is InChI=1S/C40H82NO7P/c1-6-8-10-12-14-16-18-20-22-23-25-27-29-31-33-38(35-41(3,4)5)48-49(44,45)46-37-39(36-42)47-40(43)34-32-30-28-26-24-21-19-17-15-13-11-9-7-2/h38-39,42H,6-37H2,1-5H3/p+1/t38?,39-/m1/s1. The van der Waals surface area contributed by atoms with E-state index in [1.165, 1.54) is 141 Å². The number of rotatable bonds is 38. The first-order chi connectivity index (χ1) is 23.5. The number of hydrogen-bond donors (Lipinski definition) is 2. The minimum absolute atomic E-state index is 0.270. The van der Waals surface area contributed by atoms with E-state index in [1.54, 1.807) is 0 Å². The second kappa shape index (κ2) is 33.3. The molecule has 8 nitrogen and oxygen atoms in total. The number of aliphatic hydroxyl groups is 1. The molecule has 0 amide bonds. The topological polar surface area (TPSA) is 102 Å². The summed E-state index contributed by atoms with van der Waals surface area (Å²) in [5, 5.41) is 9.71. The van der Waals surface area contributed by atoms with Crippen molar-refractivity contribution in [3.63, 3.8) is 0 Å². The smallest absolute Gasteiger partial charge is 0.457 e. The Morgan fingerprint density at radius 3 is 1.33 bits per heavy atom. The van der Waals surface area contributed by atoms with Gasteiger partial charge in [0.2, 0.25) is 0 Å². The number of phosphoric ester groups is 1. The van der Waals surface area contributed by atoms with Gasteiger partial charge in [0.05, 0.1) is 34.4 Å². The van der Waals surface area contributed by atoms with Crippen molar-refractivity contribution >= 4 is 13.8 Å². The van der Waals surface area contributed by atoms with Gasteiger partial charge in [0.1, 0.15) is 18.8 Å². The van der Waals surface area contributed by atoms with Crippen LogP contribution in [0.3, 0.4) is 0 Å². The Kier molecular flexibility index (Phi) is 33.0. The highest BCUT2D eigenvalue weighted by atomic mass is 31.2. The molecule has 0 rings (SSSR count). The molecule has 0 spiro atoms. The predicted molar refractivity (Wildman–Crippen MR) is 206 cm³/mol. The van der Waals surface area contributed by atoms with Crippen LogP contribution in [-0.4, -0.2) is 73.6 Å². The average Bonchev–Trinajstić information content (AvgIpc) is 3.04. The lowest BCUT2D eigenvalue weighted by Crippen LogP contribution is -2.42. The normalized spacial score (nSPS) is 14.5. The minimum atomic E-state index is -4.40. The van der Waals surface area contributed by atoms with Gasteiger partial charge in [-0.1, -0.05) is 181 Å². The molecule has 0 heterocycles. The Morgan fingerprint density at radius 1 is 0.592 bits per heavy atom. The Morgan fingerprint density at radius 2 is 0.959 bits per heavy atom. The first-order valence-corrected chi connectivity index (χ1v) is 22.3. The first kappa shape index (κ1) is 48.5. The number of unbranched alkanes of at least 4 members (excludes halogenated alkanes) is 25. The van der Waals surface area contributed by atoms with Crippen LogP contribution in [0, 0.1) is 0 Å². The zero-order valence-electron chi connectivity index (χ0n) is 33.1. The predicted octanol–water partition coefficient (Wildman–Crippen LogP) is 11.5. The van der Waals surface area contributed by atoms with Crippen molar-refractivity contribution in [3.8, 4) is 0 Å². The van der Waals surface area contributed by atoms with Crippen LogP contribution in [0.1, 0.15) is 200 Å². The number of carbonyl (C=O) groups excluding carboxylic acids is 1. The fourth-order valence-corrected chi connectivity index (χ4v) is 7.37. The maximum absolute atomic E-state index is 12.9. The highest BCUT2D eigenvalue weighted by molar-refractivity contribution is 7.47. The van der Waals surface area contributed by atoms with E-state index in [2.05, 4.69) is 13.8 Å². The second-order valence-electron chi connectivity index (χ2n) is 15.6. The van der Waals surface area contributed by atoms with Gasteiger partial charge in [-0.3, -0.25) is 13.8 Å². The Bertz CT molecular complexity index is 776. The van der Waals surface area contributed by atoms with Gasteiger partial charge in [-0.2, -0.15) is 0 Å². The number of phosphoric acid groups is 1. The number of nitrogens with zero attached hydrogens (tertiary/aromatic N) is 1. The van der Waals surface area contributed by atoms with E-state index in [1.807, 2.05) is 21.1 Å². The summed E-state index contributed by atoms with van der Waals surface area (Å²) >= 11 is 0. The summed E-state index contributed by atoms with van der Waals surface area (Å²) in [5.74, 6) is -0.417. The van der Waals surface area contributed by atoms with Gasteiger partial charge in [-0.05, 0) is 12.8 Å². The summed E-state index contributed by atoms with van der Waals surface area (Å²) in [6.45, 7) is 4.22. The molecule has 0 aromatic heterocycles. The zero-order valence-corrected chi connectivity index (χ0v) is 34.0. The van der Waals surface area contributed by atoms with Gasteiger partial charge in [-0.25, -0.2) is 4.57 Å². The third-order valence-corrected chi connectivity index (χ3v) is 10.4. The van der Waals surface area contributed by atoms with Gasteiger partial charge in [0, 0.05) is 6.42 Å². The summed E-state index contributed by atoms with van der Waals surface area (Å²) in [7, 11) is 1.70. The van der Waals surface area contributed by atoms with Crippen LogP contribution in [0.25, 0.3) is 0 Å². The lowest BCUT2D eigenvalue weighted by Gasteiger charge is -2.30. The van der Waals surface area contributed by atoms with Crippen LogP contribution in [0.15, 0.2) is 0 Å². The fraction of sp³-hybridized carbons (Fsp3) is 0.975. The van der Waals surface area contributed by atoms with Gasteiger partial charge in [-0.15, -0.1) is 0 Å². The molecule has 0 aromatic rings. The second-order valence-corrected chi connectivity index (χ2v) is 17.0. The van der Waals surface area contributed by atoms with Gasteiger partial charge >= 0.3 is 13.8 Å². The van der Waals surface area contributed by atoms with Crippen LogP contribution >= 0.6 is 7.82 Å². The molecule has 0 aliphatic heterocycles. The van der Waals surface area contributed by atoms with E-state index in [0.29, 0.717) is 17.4 Å². The van der Waals surface area contributed by atoms with E-state index in [9.17, 15) is 19.4 Å². The molecule has 0 aromatic carbocycles. The number of likely N-dealkylation sites (N-methyl/N-ethyl adjacent to an activating group) is 1. The maximum atomic E-state index is 12.9. The molecule has 294 valence electrons. The lowest BCUT2D eigenvalue weighted by atomic mass is 10.0. The largest absolute Gasteiger partial charge is 0.472 e. The number of aliphatic hydroxyl groups excluding tert-OH is 1. The Balaban J connectivity index is 4.17. The van der Waals surface area contributed by atoms with Crippen molar-refractivity contribution in [2.24, 2.45) is 0 Å². The molecular formula is C40H83NO7P+. The van der Waals surface area contributed by atoms with Crippen molar-refractivity contribution in [2.75, 3.05) is 40.9 Å². The number of carbonyl (C=O) groups is 1. The molecule has 0 saturated carbocycles. The van der Waals surface area contributed by atoms with Gasteiger partial charge < -0.3 is 19.2 Å². The molecule has 3 atom stereocenters. The van der Waals surface area contributed by atoms with Crippen molar-refractivity contribution in [3.05, 3.63) is 0 Å². The van der Waals surface area contributed by atoms with E-state index in [0.717, 1.165) is 32.1 Å². The molecule has 0 fully saturated rings. The monoisotopic (exact) mass is 721 g/mol. The maximum Gasteiger partial charge on any atom is 0.472 e. The van der Waals surface area contributed by atoms with Crippen molar-refractivity contribution in [1.29, 1.82) is 0 Å². The quantitative estimate of drug-likeness (QED) is 0.0283. The first-order valence-electron chi connectivity index (χ1n) is 20.8. The SMILES string of the molecule is CCCCCCCCCCCCCCCCC(C[N+](C)(C)C)OP(=O)(O)OC[C@@H](CO)OC(=O)CCCCCCCCCCCCCCC. The van der Waals surface area contributed by atoms with Crippen LogP contribution < -0.4 is 0 Å². The van der Waals surface area contributed by atoms with E-state index >= 15 is 0 Å². The number of ether oxygens (including phenoxy) is 1. The fourth-order valence-electron chi connectivity index (χ4n) is 6.41. The highest BCUT2D eigenvalue weighted by Gasteiger charge is 2.31. The molecule has 0 bridgehead atoms. The molecular weight excluding hydrogens is 637 g/mol. The minimum Gasteiger partial charge on any atom is -0.457 e. The summed E-state index contributed by atoms with van der Waals surface area (Å²) in [6.07, 6.45) is 33.5. The summed E-state index contributed by atoms with van der Waals surface area (Å²) in [6, 6.07) is 0. The van der Waals surface area contributed by atoms with Crippen LogP contribution in [0.5, 0.6) is 0 Å². The molecule has 2 unspecified atom stereocenters. The Labute approximate surface area is 304 Å². The average molecular weight is 721 g/mol. The zero-order chi connectivity index (χ0) is 36.5. The highest BCUT2D eigenvalue weighted by Crippen LogP contribution is 2.45. The van der Waals surface area contributed by atoms with Crippen LogP contribution in [0.2, 0.25) is 0 Å². The summed E-state index contributed by atoms with van der Waals surface area (Å²) in [4.78, 5) is 22.8. The van der Waals surface area contributed by atoms with Gasteiger partial charge in [0.15, 0.2) is 0 Å². The Hall–Kier alpha value is -0.500. The summed E-state index contributed by atoms with van der Waals surface area (Å²) < 4.78 is 29.6. The molecule has 2 N–H and O–H groups in total. The molecule has 9 heteroatoms. The van der Waals surface area contributed by atoms with E-state index in [4.69, 9.17) is 13.8 Å². The van der Waals surface area contributed by atoms with Crippen LogP contribution in [-0.2, 0) is 23.1 Å². The van der Waals surface area contributed by atoms with Gasteiger partial charge in [0.25, 0.3) is 0 Å². The molecule has 49 heavy (non-hydrogen) atoms. The lowest BCUT2D eigenvalue weighted by molar-refractivity contribution is -0.873. The molecule has 0 radical (unpaired) electrons. The third kappa shape index (κ3) is 35.7. The molecule has 0 aliphatic rings. The van der Waals surface area contributed by atoms with Crippen molar-refractivity contribution < 1.29 is 37.6 Å². The number of hydrogen-bond acceptors (Lipinski definition) is 6. The number of quaternary nitrogens is 1. The number of esters is 1. The molecule has 0 saturated heterocycles. The third-order valence-electron chi connectivity index (χ3n) is 9.32. The van der Waals surface area contributed by atoms with Crippen molar-refractivity contribution in [2.45, 2.75) is 212 Å². The van der Waals surface area contributed by atoms with Crippen LogP contribution in [0.4, 0.5) is 0 Å². The van der Waals surface area contributed by atoms with E-state index < -0.39 is 32.6 Å². The van der Waals surface area contributed by atoms with E-state index in [-0.39, 0.29) is 13.0 Å². The summed E-state index contributed by atoms with van der Waals surface area (Å²) in [5.41, 5.74) is 0. The van der Waals surface area contributed by atoms with Crippen molar-refractivity contribution in [1.82, 2.24) is 0 Å². The molecule has 0 aliphatic carbocycles.